The van der Waals surface area contributed by atoms with Gasteiger partial charge in [-0.2, -0.15) is 5.10 Å². The lowest BCUT2D eigenvalue weighted by Crippen LogP contribution is -1.94. The third-order valence-electron chi connectivity index (χ3n) is 1.88. The van der Waals surface area contributed by atoms with Crippen LogP contribution in [-0.2, 0) is 12.8 Å². The van der Waals surface area contributed by atoms with E-state index in [9.17, 15) is 0 Å². The normalized spacial score (nSPS) is 10.5. The second-order valence-corrected chi connectivity index (χ2v) is 3.99. The van der Waals surface area contributed by atoms with Gasteiger partial charge in [0.2, 0.25) is 0 Å². The zero-order valence-corrected chi connectivity index (χ0v) is 9.11. The van der Waals surface area contributed by atoms with Gasteiger partial charge in [-0.15, -0.1) is 0 Å². The maximum Gasteiger partial charge on any atom is 0.186 e. The number of anilines is 1. The van der Waals surface area contributed by atoms with Crippen molar-refractivity contribution in [2.45, 2.75) is 10.9 Å². The van der Waals surface area contributed by atoms with Gasteiger partial charge < -0.3 is 5.73 Å². The van der Waals surface area contributed by atoms with E-state index in [-0.39, 0.29) is 0 Å². The Bertz CT molecular complexity index is 453. The van der Waals surface area contributed by atoms with Crippen LogP contribution in [0.25, 0.3) is 0 Å². The summed E-state index contributed by atoms with van der Waals surface area (Å²) >= 11 is 1.62. The minimum absolute atomic E-state index is 0.547. The Hall–Kier alpha value is -1.56. The van der Waals surface area contributed by atoms with E-state index < -0.39 is 0 Å². The van der Waals surface area contributed by atoms with Crippen LogP contribution < -0.4 is 5.73 Å². The first-order valence-electron chi connectivity index (χ1n) is 4.43. The summed E-state index contributed by atoms with van der Waals surface area (Å²) in [6.45, 7) is 0. The van der Waals surface area contributed by atoms with Crippen molar-refractivity contribution in [1.29, 1.82) is 0 Å². The van der Waals surface area contributed by atoms with Crippen LogP contribution in [0.15, 0.2) is 29.8 Å². The second-order valence-electron chi connectivity index (χ2n) is 3.04. The molecule has 0 amide bonds. The minimum atomic E-state index is 0.547. The lowest BCUT2D eigenvalue weighted by molar-refractivity contribution is 0.685. The molecule has 2 N–H and O–H groups in total. The summed E-state index contributed by atoms with van der Waals surface area (Å²) < 4.78 is 1.75. The van der Waals surface area contributed by atoms with E-state index in [1.54, 1.807) is 29.0 Å². The summed E-state index contributed by atoms with van der Waals surface area (Å²) in [6, 6.07) is 3.81. The largest absolute Gasteiger partial charge is 0.384 e. The lowest BCUT2D eigenvalue weighted by atomic mass is 10.3. The molecule has 2 aromatic heterocycles. The third-order valence-corrected chi connectivity index (χ3v) is 2.99. The van der Waals surface area contributed by atoms with Crippen molar-refractivity contribution in [3.05, 3.63) is 30.2 Å². The monoisotopic (exact) mass is 221 g/mol. The highest BCUT2D eigenvalue weighted by molar-refractivity contribution is 7.98. The van der Waals surface area contributed by atoms with E-state index in [1.807, 2.05) is 19.2 Å². The van der Waals surface area contributed by atoms with Crippen molar-refractivity contribution in [1.82, 2.24) is 19.7 Å². The van der Waals surface area contributed by atoms with Gasteiger partial charge in [-0.3, -0.25) is 0 Å². The number of hydrogen-bond acceptors (Lipinski definition) is 5. The van der Waals surface area contributed by atoms with Gasteiger partial charge in [0.05, 0.1) is 0 Å². The average molecular weight is 221 g/mol. The van der Waals surface area contributed by atoms with E-state index in [0.29, 0.717) is 5.82 Å². The van der Waals surface area contributed by atoms with Crippen molar-refractivity contribution >= 4 is 17.6 Å². The molecular weight excluding hydrogens is 210 g/mol. The molecule has 0 aliphatic heterocycles. The molecule has 2 rings (SSSR count). The fourth-order valence-electron chi connectivity index (χ4n) is 1.15. The van der Waals surface area contributed by atoms with Gasteiger partial charge in [-0.05, 0) is 17.7 Å². The first kappa shape index (κ1) is 9.97. The molecule has 0 aliphatic rings. The summed E-state index contributed by atoms with van der Waals surface area (Å²) in [6.07, 6.45) is 3.26. The molecule has 2 aromatic rings. The zero-order chi connectivity index (χ0) is 10.7. The van der Waals surface area contributed by atoms with Crippen LogP contribution in [0.1, 0.15) is 5.56 Å². The first-order valence-corrected chi connectivity index (χ1v) is 5.41. The average Bonchev–Trinajstić information content (AvgIpc) is 2.61. The number of nitrogen functional groups attached to an aromatic ring is 1. The summed E-state index contributed by atoms with van der Waals surface area (Å²) in [5.41, 5.74) is 6.72. The molecular formula is C9H11N5S. The summed E-state index contributed by atoms with van der Waals surface area (Å²) in [5, 5.41) is 4.89. The number of hydrogen-bond donors (Lipinski definition) is 1. The van der Waals surface area contributed by atoms with E-state index in [2.05, 4.69) is 15.1 Å². The molecule has 0 saturated carbocycles. The lowest BCUT2D eigenvalue weighted by Gasteiger charge is -2.01. The molecule has 78 valence electrons. The smallest absolute Gasteiger partial charge is 0.186 e. The SMILES string of the molecule is Cn1ncnc1SCc1ccnc(N)c1. The van der Waals surface area contributed by atoms with Crippen molar-refractivity contribution < 1.29 is 0 Å². The molecule has 0 unspecified atom stereocenters. The van der Waals surface area contributed by atoms with Crippen LogP contribution in [0, 0.1) is 0 Å². The highest BCUT2D eigenvalue weighted by Crippen LogP contribution is 2.19. The van der Waals surface area contributed by atoms with Crippen molar-refractivity contribution in [2.75, 3.05) is 5.73 Å². The maximum absolute atomic E-state index is 5.58. The Labute approximate surface area is 91.7 Å². The third kappa shape index (κ3) is 2.47. The molecule has 0 aromatic carbocycles. The molecule has 0 saturated heterocycles. The second kappa shape index (κ2) is 4.31. The molecule has 6 heteroatoms. The minimum Gasteiger partial charge on any atom is -0.384 e. The Morgan fingerprint density at radius 1 is 1.47 bits per heavy atom. The van der Waals surface area contributed by atoms with Crippen LogP contribution in [0.3, 0.4) is 0 Å². The van der Waals surface area contributed by atoms with Gasteiger partial charge in [0, 0.05) is 19.0 Å². The van der Waals surface area contributed by atoms with Crippen LogP contribution in [0.4, 0.5) is 5.82 Å². The van der Waals surface area contributed by atoms with Crippen molar-refractivity contribution in [3.8, 4) is 0 Å². The molecule has 0 aliphatic carbocycles. The summed E-state index contributed by atoms with van der Waals surface area (Å²) in [5.74, 6) is 1.37. The molecule has 2 heterocycles. The fraction of sp³-hybridized carbons (Fsp3) is 0.222. The fourth-order valence-corrected chi connectivity index (χ4v) is 1.98. The van der Waals surface area contributed by atoms with Crippen LogP contribution >= 0.6 is 11.8 Å². The van der Waals surface area contributed by atoms with E-state index in [4.69, 9.17) is 5.73 Å². The van der Waals surface area contributed by atoms with Gasteiger partial charge in [-0.1, -0.05) is 11.8 Å². The topological polar surface area (TPSA) is 69.6 Å². The standard InChI is InChI=1S/C9H11N5S/c1-14-9(12-6-13-14)15-5-7-2-3-11-8(10)4-7/h2-4,6H,5H2,1H3,(H2,10,11). The molecule has 0 radical (unpaired) electrons. The van der Waals surface area contributed by atoms with Gasteiger partial charge >= 0.3 is 0 Å². The Kier molecular flexibility index (Phi) is 2.86. The van der Waals surface area contributed by atoms with Crippen molar-refractivity contribution in [3.63, 3.8) is 0 Å². The van der Waals surface area contributed by atoms with E-state index in [1.165, 1.54) is 0 Å². The van der Waals surface area contributed by atoms with E-state index in [0.717, 1.165) is 16.5 Å². The van der Waals surface area contributed by atoms with Crippen LogP contribution in [-0.4, -0.2) is 19.7 Å². The predicted octanol–water partition coefficient (Wildman–Crippen LogP) is 1.08. The van der Waals surface area contributed by atoms with Crippen molar-refractivity contribution in [2.24, 2.45) is 7.05 Å². The van der Waals surface area contributed by atoms with Gasteiger partial charge in [0.15, 0.2) is 5.16 Å². The molecule has 0 fully saturated rings. The quantitative estimate of drug-likeness (QED) is 0.785. The number of nitrogens with two attached hydrogens (primary N) is 1. The Balaban J connectivity index is 2.02. The molecule has 0 atom stereocenters. The molecule has 5 nitrogen and oxygen atoms in total. The number of nitrogens with zero attached hydrogens (tertiary/aromatic N) is 4. The van der Waals surface area contributed by atoms with Crippen LogP contribution in [0.5, 0.6) is 0 Å². The summed E-state index contributed by atoms with van der Waals surface area (Å²) in [7, 11) is 1.87. The summed E-state index contributed by atoms with van der Waals surface area (Å²) in [4.78, 5) is 8.06. The van der Waals surface area contributed by atoms with Gasteiger partial charge in [-0.25, -0.2) is 14.6 Å². The van der Waals surface area contributed by atoms with Crippen LogP contribution in [0.2, 0.25) is 0 Å². The number of aromatic nitrogens is 4. The molecule has 0 spiro atoms. The maximum atomic E-state index is 5.58. The van der Waals surface area contributed by atoms with Gasteiger partial charge in [0.1, 0.15) is 12.1 Å². The number of aryl methyl sites for hydroxylation is 1. The number of thioether (sulfide) groups is 1. The Morgan fingerprint density at radius 2 is 2.33 bits per heavy atom. The highest BCUT2D eigenvalue weighted by Gasteiger charge is 2.02. The molecule has 0 bridgehead atoms. The zero-order valence-electron chi connectivity index (χ0n) is 8.29. The number of pyridine rings is 1. The Morgan fingerprint density at radius 3 is 3.00 bits per heavy atom. The first-order chi connectivity index (χ1) is 7.25. The van der Waals surface area contributed by atoms with E-state index >= 15 is 0 Å². The van der Waals surface area contributed by atoms with Gasteiger partial charge in [0.25, 0.3) is 0 Å². The molecule has 15 heavy (non-hydrogen) atoms. The highest BCUT2D eigenvalue weighted by atomic mass is 32.2. The number of rotatable bonds is 3. The predicted molar refractivity (Wildman–Crippen MR) is 59.2 cm³/mol.